The summed E-state index contributed by atoms with van der Waals surface area (Å²) in [4.78, 5) is 24.1. The van der Waals surface area contributed by atoms with Crippen molar-refractivity contribution in [3.8, 4) is 16.9 Å². The van der Waals surface area contributed by atoms with Crippen LogP contribution in [0.2, 0.25) is 0 Å². The topological polar surface area (TPSA) is 123 Å². The Labute approximate surface area is 172 Å². The average Bonchev–Trinajstić information content (AvgIpc) is 2.97. The summed E-state index contributed by atoms with van der Waals surface area (Å²) in [7, 11) is -3.36. The van der Waals surface area contributed by atoms with Crippen molar-refractivity contribution in [2.75, 3.05) is 18.1 Å². The van der Waals surface area contributed by atoms with Crippen LogP contribution in [0.5, 0.6) is 5.75 Å². The lowest BCUT2D eigenvalue weighted by Crippen LogP contribution is -2.44. The van der Waals surface area contributed by atoms with Gasteiger partial charge in [-0.1, -0.05) is 30.3 Å². The molecule has 4 rings (SSSR count). The summed E-state index contributed by atoms with van der Waals surface area (Å²) in [5.74, 6) is -0.920. The van der Waals surface area contributed by atoms with Gasteiger partial charge in [0.05, 0.1) is 23.7 Å². The number of aliphatic hydroxyl groups excluding tert-OH is 1. The average molecular weight is 429 g/mol. The van der Waals surface area contributed by atoms with Crippen LogP contribution in [0.25, 0.3) is 22.1 Å². The Hall–Kier alpha value is -3.17. The van der Waals surface area contributed by atoms with E-state index >= 15 is 0 Å². The molecular formula is C21H19NO7S. The Morgan fingerprint density at radius 2 is 1.90 bits per heavy atom. The first-order valence-electron chi connectivity index (χ1n) is 9.25. The molecule has 1 aromatic heterocycles. The molecular weight excluding hydrogens is 410 g/mol. The van der Waals surface area contributed by atoms with Crippen LogP contribution < -0.4 is 15.7 Å². The third kappa shape index (κ3) is 4.37. The quantitative estimate of drug-likeness (QED) is 0.583. The van der Waals surface area contributed by atoms with E-state index in [1.54, 1.807) is 12.1 Å². The van der Waals surface area contributed by atoms with Crippen molar-refractivity contribution in [3.05, 3.63) is 65.0 Å². The zero-order valence-electron chi connectivity index (χ0n) is 15.8. The molecule has 0 bridgehead atoms. The molecule has 1 aliphatic heterocycles. The van der Waals surface area contributed by atoms with Crippen molar-refractivity contribution < 1.29 is 27.5 Å². The fourth-order valence-corrected chi connectivity index (χ4v) is 5.19. The number of carbonyl (C=O) groups is 1. The number of ether oxygens (including phenoxy) is 1. The van der Waals surface area contributed by atoms with Crippen molar-refractivity contribution in [2.24, 2.45) is 0 Å². The molecule has 1 aliphatic rings. The summed E-state index contributed by atoms with van der Waals surface area (Å²) >= 11 is 0. The van der Waals surface area contributed by atoms with Gasteiger partial charge in [0.15, 0.2) is 16.4 Å². The van der Waals surface area contributed by atoms with E-state index in [2.05, 4.69) is 5.32 Å². The molecule has 8 nitrogen and oxygen atoms in total. The number of hydrogen-bond acceptors (Lipinski definition) is 7. The molecule has 3 aromatic rings. The summed E-state index contributed by atoms with van der Waals surface area (Å²) < 4.78 is 33.8. The Kier molecular flexibility index (Phi) is 5.31. The number of benzene rings is 2. The Morgan fingerprint density at radius 1 is 1.13 bits per heavy atom. The highest BCUT2D eigenvalue weighted by Gasteiger charge is 2.37. The van der Waals surface area contributed by atoms with Gasteiger partial charge in [-0.05, 0) is 23.3 Å². The molecule has 30 heavy (non-hydrogen) atoms. The van der Waals surface area contributed by atoms with Gasteiger partial charge in [0.25, 0.3) is 5.91 Å². The van der Waals surface area contributed by atoms with Gasteiger partial charge in [-0.25, -0.2) is 13.2 Å². The Balaban J connectivity index is 1.49. The van der Waals surface area contributed by atoms with E-state index in [0.29, 0.717) is 11.3 Å². The van der Waals surface area contributed by atoms with E-state index in [0.717, 1.165) is 16.5 Å². The summed E-state index contributed by atoms with van der Waals surface area (Å²) in [5, 5.41) is 12.9. The Bertz CT molecular complexity index is 1250. The van der Waals surface area contributed by atoms with Crippen molar-refractivity contribution in [3.63, 3.8) is 0 Å². The lowest BCUT2D eigenvalue weighted by Gasteiger charge is -2.15. The lowest BCUT2D eigenvalue weighted by molar-refractivity contribution is -0.124. The SMILES string of the molecule is O=C(COc1ccc2c(-c3ccccc3)cc(=O)oc2c1)N[C@@H]1CS(=O)(=O)C[C@H]1O. The number of carbonyl (C=O) groups excluding carboxylic acids is 1. The second-order valence-corrected chi connectivity index (χ2v) is 9.26. The van der Waals surface area contributed by atoms with Crippen molar-refractivity contribution in [1.82, 2.24) is 5.32 Å². The summed E-state index contributed by atoms with van der Waals surface area (Å²) in [6.07, 6.45) is -1.13. The van der Waals surface area contributed by atoms with Gasteiger partial charge in [-0.3, -0.25) is 4.79 Å². The number of sulfone groups is 1. The monoisotopic (exact) mass is 429 g/mol. The molecule has 0 radical (unpaired) electrons. The predicted molar refractivity (Wildman–Crippen MR) is 110 cm³/mol. The first-order chi connectivity index (χ1) is 14.3. The maximum atomic E-state index is 12.1. The molecule has 0 saturated carbocycles. The fraction of sp³-hybridized carbons (Fsp3) is 0.238. The number of fused-ring (bicyclic) bond motifs is 1. The molecule has 0 aliphatic carbocycles. The van der Waals surface area contributed by atoms with E-state index in [1.807, 2.05) is 30.3 Å². The zero-order chi connectivity index (χ0) is 21.3. The normalized spacial score (nSPS) is 20.2. The number of aliphatic hydroxyl groups is 1. The van der Waals surface area contributed by atoms with E-state index in [-0.39, 0.29) is 18.1 Å². The highest BCUT2D eigenvalue weighted by atomic mass is 32.2. The smallest absolute Gasteiger partial charge is 0.336 e. The van der Waals surface area contributed by atoms with Gasteiger partial charge in [-0.2, -0.15) is 0 Å². The molecule has 2 heterocycles. The van der Waals surface area contributed by atoms with E-state index in [9.17, 15) is 23.1 Å². The molecule has 2 N–H and O–H groups in total. The van der Waals surface area contributed by atoms with Crippen LogP contribution in [0.3, 0.4) is 0 Å². The molecule has 1 amide bonds. The van der Waals surface area contributed by atoms with Crippen LogP contribution >= 0.6 is 0 Å². The molecule has 0 unspecified atom stereocenters. The molecule has 2 aromatic carbocycles. The van der Waals surface area contributed by atoms with E-state index < -0.39 is 33.5 Å². The van der Waals surface area contributed by atoms with Crippen LogP contribution in [0, 0.1) is 0 Å². The summed E-state index contributed by atoms with van der Waals surface area (Å²) in [5.41, 5.74) is 1.40. The van der Waals surface area contributed by atoms with E-state index in [4.69, 9.17) is 9.15 Å². The zero-order valence-corrected chi connectivity index (χ0v) is 16.6. The van der Waals surface area contributed by atoms with Crippen molar-refractivity contribution in [1.29, 1.82) is 0 Å². The number of nitrogens with one attached hydrogen (secondary N) is 1. The van der Waals surface area contributed by atoms with E-state index in [1.165, 1.54) is 12.1 Å². The largest absolute Gasteiger partial charge is 0.484 e. The highest BCUT2D eigenvalue weighted by molar-refractivity contribution is 7.91. The molecule has 1 saturated heterocycles. The number of hydrogen-bond donors (Lipinski definition) is 2. The van der Waals surface area contributed by atoms with Crippen molar-refractivity contribution >= 4 is 26.7 Å². The maximum absolute atomic E-state index is 12.1. The molecule has 156 valence electrons. The number of rotatable bonds is 5. The first kappa shape index (κ1) is 20.1. The number of amides is 1. The van der Waals surface area contributed by atoms with Crippen LogP contribution in [-0.4, -0.2) is 49.7 Å². The molecule has 0 spiro atoms. The second kappa shape index (κ2) is 7.92. The molecule has 2 atom stereocenters. The minimum Gasteiger partial charge on any atom is -0.484 e. The van der Waals surface area contributed by atoms with Crippen molar-refractivity contribution in [2.45, 2.75) is 12.1 Å². The molecule has 9 heteroatoms. The van der Waals surface area contributed by atoms with Crippen LogP contribution in [0.1, 0.15) is 0 Å². The lowest BCUT2D eigenvalue weighted by atomic mass is 10.0. The van der Waals surface area contributed by atoms with Gasteiger partial charge in [0, 0.05) is 17.5 Å². The molecule has 1 fully saturated rings. The first-order valence-corrected chi connectivity index (χ1v) is 11.1. The van der Waals surface area contributed by atoms with Gasteiger partial charge in [-0.15, -0.1) is 0 Å². The third-order valence-electron chi connectivity index (χ3n) is 4.84. The van der Waals surface area contributed by atoms with Crippen LogP contribution in [-0.2, 0) is 14.6 Å². The van der Waals surface area contributed by atoms with Gasteiger partial charge in [0.1, 0.15) is 11.3 Å². The fourth-order valence-electron chi connectivity index (χ4n) is 3.45. The maximum Gasteiger partial charge on any atom is 0.336 e. The second-order valence-electron chi connectivity index (χ2n) is 7.11. The highest BCUT2D eigenvalue weighted by Crippen LogP contribution is 2.29. The van der Waals surface area contributed by atoms with Crippen LogP contribution in [0.4, 0.5) is 0 Å². The minimum absolute atomic E-state index is 0.302. The van der Waals surface area contributed by atoms with Crippen LogP contribution in [0.15, 0.2) is 63.8 Å². The Morgan fingerprint density at radius 3 is 2.60 bits per heavy atom. The summed E-state index contributed by atoms with van der Waals surface area (Å²) in [6, 6.07) is 14.9. The third-order valence-corrected chi connectivity index (χ3v) is 6.56. The van der Waals surface area contributed by atoms with Gasteiger partial charge < -0.3 is 19.6 Å². The van der Waals surface area contributed by atoms with Gasteiger partial charge in [0.2, 0.25) is 0 Å². The predicted octanol–water partition coefficient (Wildman–Crippen LogP) is 1.11. The minimum atomic E-state index is -3.36. The standard InChI is InChI=1S/C21H19NO7S/c23-18-12-30(26,27)11-17(18)22-20(24)10-28-14-6-7-15-16(13-4-2-1-3-5-13)9-21(25)29-19(15)8-14/h1-9,17-18,23H,10-12H2,(H,22,24)/t17-,18-/m1/s1. The van der Waals surface area contributed by atoms with Gasteiger partial charge >= 0.3 is 5.63 Å². The summed E-state index contributed by atoms with van der Waals surface area (Å²) in [6.45, 7) is -0.378.